The van der Waals surface area contributed by atoms with Gasteiger partial charge in [-0.3, -0.25) is 4.79 Å². The minimum Gasteiger partial charge on any atom is -0.508 e. The summed E-state index contributed by atoms with van der Waals surface area (Å²) < 4.78 is 0. The van der Waals surface area contributed by atoms with Crippen molar-refractivity contribution in [2.24, 2.45) is 0 Å². The zero-order valence-corrected chi connectivity index (χ0v) is 11.1. The van der Waals surface area contributed by atoms with Crippen molar-refractivity contribution in [1.82, 2.24) is 4.98 Å². The second kappa shape index (κ2) is 5.71. The number of aromatic hydroxyl groups is 1. The van der Waals surface area contributed by atoms with Crippen molar-refractivity contribution in [3.05, 3.63) is 52.8 Å². The minimum atomic E-state index is -0.169. The molecule has 0 aliphatic rings. The van der Waals surface area contributed by atoms with Crippen LogP contribution in [-0.4, -0.2) is 16.0 Å². The standard InChI is InChI=1S/C14H13ClN2O2/c1-9-12(5-6-13(15)16-9)17-14(19)8-10-3-2-4-11(18)7-10/h2-7,18H,8H2,1H3,(H,17,19). The molecule has 0 unspecified atom stereocenters. The maximum Gasteiger partial charge on any atom is 0.228 e. The molecule has 0 spiro atoms. The molecule has 19 heavy (non-hydrogen) atoms. The SMILES string of the molecule is Cc1nc(Cl)ccc1NC(=O)Cc1cccc(O)c1. The van der Waals surface area contributed by atoms with Gasteiger partial charge < -0.3 is 10.4 Å². The fraction of sp³-hybridized carbons (Fsp3) is 0.143. The Morgan fingerprint density at radius 2 is 2.16 bits per heavy atom. The average molecular weight is 277 g/mol. The highest BCUT2D eigenvalue weighted by atomic mass is 35.5. The Hall–Kier alpha value is -2.07. The third kappa shape index (κ3) is 3.69. The van der Waals surface area contributed by atoms with Crippen LogP contribution in [0.2, 0.25) is 5.15 Å². The highest BCUT2D eigenvalue weighted by molar-refractivity contribution is 6.29. The topological polar surface area (TPSA) is 62.2 Å². The Morgan fingerprint density at radius 3 is 2.84 bits per heavy atom. The number of carbonyl (C=O) groups is 1. The van der Waals surface area contributed by atoms with E-state index >= 15 is 0 Å². The van der Waals surface area contributed by atoms with Crippen molar-refractivity contribution < 1.29 is 9.90 Å². The zero-order valence-electron chi connectivity index (χ0n) is 10.4. The monoisotopic (exact) mass is 276 g/mol. The number of nitrogens with one attached hydrogen (secondary N) is 1. The number of nitrogens with zero attached hydrogens (tertiary/aromatic N) is 1. The van der Waals surface area contributed by atoms with Crippen LogP contribution in [0.25, 0.3) is 0 Å². The lowest BCUT2D eigenvalue weighted by Gasteiger charge is -2.08. The van der Waals surface area contributed by atoms with Gasteiger partial charge in [-0.05, 0) is 36.8 Å². The van der Waals surface area contributed by atoms with E-state index in [9.17, 15) is 9.90 Å². The number of aryl methyl sites for hydroxylation is 1. The van der Waals surface area contributed by atoms with Crippen molar-refractivity contribution in [1.29, 1.82) is 0 Å². The summed E-state index contributed by atoms with van der Waals surface area (Å²) in [7, 11) is 0. The number of phenols is 1. The number of carbonyl (C=O) groups excluding carboxylic acids is 1. The predicted octanol–water partition coefficient (Wildman–Crippen LogP) is 2.93. The summed E-state index contributed by atoms with van der Waals surface area (Å²) in [4.78, 5) is 15.9. The Kier molecular flexibility index (Phi) is 4.02. The van der Waals surface area contributed by atoms with Gasteiger partial charge in [0.05, 0.1) is 17.8 Å². The maximum absolute atomic E-state index is 11.9. The van der Waals surface area contributed by atoms with Gasteiger partial charge in [0.15, 0.2) is 0 Å². The van der Waals surface area contributed by atoms with Crippen LogP contribution in [0.15, 0.2) is 36.4 Å². The van der Waals surface area contributed by atoms with Crippen LogP contribution in [0.3, 0.4) is 0 Å². The summed E-state index contributed by atoms with van der Waals surface area (Å²) in [5.74, 6) is -0.0209. The van der Waals surface area contributed by atoms with Gasteiger partial charge in [0.25, 0.3) is 0 Å². The number of pyridine rings is 1. The van der Waals surface area contributed by atoms with E-state index in [4.69, 9.17) is 11.6 Å². The van der Waals surface area contributed by atoms with Gasteiger partial charge in [-0.2, -0.15) is 0 Å². The second-order valence-corrected chi connectivity index (χ2v) is 4.55. The fourth-order valence-corrected chi connectivity index (χ4v) is 1.90. The van der Waals surface area contributed by atoms with Crippen molar-refractivity contribution in [3.63, 3.8) is 0 Å². The fourth-order valence-electron chi connectivity index (χ4n) is 1.71. The Balaban J connectivity index is 2.05. The van der Waals surface area contributed by atoms with E-state index in [1.807, 2.05) is 0 Å². The zero-order chi connectivity index (χ0) is 13.8. The van der Waals surface area contributed by atoms with Crippen LogP contribution in [0.4, 0.5) is 5.69 Å². The Bertz CT molecular complexity index is 614. The number of hydrogen-bond donors (Lipinski definition) is 2. The number of phenolic OH excluding ortho intramolecular Hbond substituents is 1. The molecule has 0 fully saturated rings. The number of aromatic nitrogens is 1. The summed E-state index contributed by atoms with van der Waals surface area (Å²) in [6.07, 6.45) is 0.191. The van der Waals surface area contributed by atoms with Gasteiger partial charge >= 0.3 is 0 Å². The van der Waals surface area contributed by atoms with E-state index in [-0.39, 0.29) is 18.1 Å². The van der Waals surface area contributed by atoms with Crippen LogP contribution in [-0.2, 0) is 11.2 Å². The largest absolute Gasteiger partial charge is 0.508 e. The third-order valence-corrected chi connectivity index (χ3v) is 2.81. The Morgan fingerprint density at radius 1 is 1.37 bits per heavy atom. The average Bonchev–Trinajstić information content (AvgIpc) is 2.33. The number of benzene rings is 1. The Labute approximate surface area is 116 Å². The summed E-state index contributed by atoms with van der Waals surface area (Å²) >= 11 is 5.75. The molecule has 0 radical (unpaired) electrons. The van der Waals surface area contributed by atoms with E-state index in [1.54, 1.807) is 43.3 Å². The number of rotatable bonds is 3. The molecule has 1 amide bonds. The van der Waals surface area contributed by atoms with Crippen LogP contribution < -0.4 is 5.32 Å². The quantitative estimate of drug-likeness (QED) is 0.847. The number of halogens is 1. The molecule has 2 aromatic rings. The lowest BCUT2D eigenvalue weighted by atomic mass is 10.1. The van der Waals surface area contributed by atoms with Crippen LogP contribution in [0.1, 0.15) is 11.3 Å². The highest BCUT2D eigenvalue weighted by Crippen LogP contribution is 2.17. The van der Waals surface area contributed by atoms with Gasteiger partial charge in [-0.25, -0.2) is 4.98 Å². The third-order valence-electron chi connectivity index (χ3n) is 2.60. The molecule has 0 saturated heterocycles. The van der Waals surface area contributed by atoms with Crippen molar-refractivity contribution >= 4 is 23.2 Å². The van der Waals surface area contributed by atoms with E-state index < -0.39 is 0 Å². The predicted molar refractivity (Wildman–Crippen MR) is 74.4 cm³/mol. The van der Waals surface area contributed by atoms with E-state index in [0.717, 1.165) is 5.56 Å². The molecular weight excluding hydrogens is 264 g/mol. The molecule has 98 valence electrons. The molecule has 2 N–H and O–H groups in total. The summed E-state index contributed by atoms with van der Waals surface area (Å²) in [6, 6.07) is 9.95. The molecular formula is C14H13ClN2O2. The highest BCUT2D eigenvalue weighted by Gasteiger charge is 2.07. The maximum atomic E-state index is 11.9. The molecule has 0 bridgehead atoms. The molecule has 0 atom stereocenters. The molecule has 4 nitrogen and oxygen atoms in total. The first-order chi connectivity index (χ1) is 9.04. The van der Waals surface area contributed by atoms with Crippen molar-refractivity contribution in [2.45, 2.75) is 13.3 Å². The van der Waals surface area contributed by atoms with E-state index in [1.165, 1.54) is 0 Å². The smallest absolute Gasteiger partial charge is 0.228 e. The van der Waals surface area contributed by atoms with E-state index in [2.05, 4.69) is 10.3 Å². The summed E-state index contributed by atoms with van der Waals surface area (Å²) in [5.41, 5.74) is 2.04. The molecule has 0 aliphatic heterocycles. The van der Waals surface area contributed by atoms with Gasteiger partial charge in [0.1, 0.15) is 10.9 Å². The molecule has 5 heteroatoms. The first kappa shape index (κ1) is 13.4. The normalized spacial score (nSPS) is 10.2. The van der Waals surface area contributed by atoms with Crippen LogP contribution in [0, 0.1) is 6.92 Å². The van der Waals surface area contributed by atoms with Crippen molar-refractivity contribution in [2.75, 3.05) is 5.32 Å². The lowest BCUT2D eigenvalue weighted by Crippen LogP contribution is -2.15. The molecule has 1 aromatic heterocycles. The molecule has 0 aliphatic carbocycles. The van der Waals surface area contributed by atoms with Gasteiger partial charge in [0, 0.05) is 0 Å². The summed E-state index contributed by atoms with van der Waals surface area (Å²) in [5, 5.41) is 12.5. The first-order valence-corrected chi connectivity index (χ1v) is 6.13. The minimum absolute atomic E-state index is 0.148. The van der Waals surface area contributed by atoms with Gasteiger partial charge in [0.2, 0.25) is 5.91 Å². The first-order valence-electron chi connectivity index (χ1n) is 5.75. The summed E-state index contributed by atoms with van der Waals surface area (Å²) in [6.45, 7) is 1.77. The molecule has 0 saturated carbocycles. The van der Waals surface area contributed by atoms with Gasteiger partial charge in [-0.15, -0.1) is 0 Å². The molecule has 1 heterocycles. The number of amides is 1. The van der Waals surface area contributed by atoms with Gasteiger partial charge in [-0.1, -0.05) is 23.7 Å². The molecule has 2 rings (SSSR count). The van der Waals surface area contributed by atoms with Crippen LogP contribution >= 0.6 is 11.6 Å². The van der Waals surface area contributed by atoms with E-state index in [0.29, 0.717) is 16.5 Å². The lowest BCUT2D eigenvalue weighted by molar-refractivity contribution is -0.115. The molecule has 1 aromatic carbocycles. The number of anilines is 1. The van der Waals surface area contributed by atoms with Crippen molar-refractivity contribution in [3.8, 4) is 5.75 Å². The van der Waals surface area contributed by atoms with Crippen LogP contribution in [0.5, 0.6) is 5.75 Å². The number of hydrogen-bond acceptors (Lipinski definition) is 3. The second-order valence-electron chi connectivity index (χ2n) is 4.16.